The van der Waals surface area contributed by atoms with Gasteiger partial charge in [-0.05, 0) is 31.5 Å². The Labute approximate surface area is 147 Å². The van der Waals surface area contributed by atoms with E-state index < -0.39 is 5.91 Å². The predicted molar refractivity (Wildman–Crippen MR) is 92.8 cm³/mol. The van der Waals surface area contributed by atoms with Gasteiger partial charge in [0.15, 0.2) is 0 Å². The van der Waals surface area contributed by atoms with Crippen molar-refractivity contribution in [2.75, 3.05) is 26.3 Å². The van der Waals surface area contributed by atoms with E-state index in [0.717, 1.165) is 43.1 Å². The molecule has 1 amide bonds. The fourth-order valence-electron chi connectivity index (χ4n) is 3.08. The molecule has 0 spiro atoms. The van der Waals surface area contributed by atoms with Crippen molar-refractivity contribution in [2.45, 2.75) is 19.9 Å². The molecule has 1 aliphatic heterocycles. The summed E-state index contributed by atoms with van der Waals surface area (Å²) < 4.78 is 5.75. The van der Waals surface area contributed by atoms with Crippen LogP contribution in [0.15, 0.2) is 30.6 Å². The van der Waals surface area contributed by atoms with Crippen molar-refractivity contribution < 1.29 is 9.53 Å². The number of amides is 1. The van der Waals surface area contributed by atoms with Gasteiger partial charge in [-0.3, -0.25) is 14.7 Å². The third-order valence-electron chi connectivity index (χ3n) is 4.23. The number of nitrogens with zero attached hydrogens (tertiary/aromatic N) is 4. The molecule has 7 heteroatoms. The van der Waals surface area contributed by atoms with Crippen LogP contribution in [0.4, 0.5) is 0 Å². The third kappa shape index (κ3) is 5.04. The molecule has 1 aliphatic rings. The molecule has 25 heavy (non-hydrogen) atoms. The fourth-order valence-corrected chi connectivity index (χ4v) is 3.08. The average molecular weight is 341 g/mol. The van der Waals surface area contributed by atoms with Crippen LogP contribution in [-0.4, -0.2) is 52.1 Å². The lowest BCUT2D eigenvalue weighted by molar-refractivity contribution is 0.0995. The molecule has 0 aliphatic carbocycles. The summed E-state index contributed by atoms with van der Waals surface area (Å²) in [6, 6.07) is 7.76. The third-order valence-corrected chi connectivity index (χ3v) is 4.23. The number of aryl methyl sites for hydroxylation is 1. The Morgan fingerprint density at radius 3 is 3.04 bits per heavy atom. The zero-order valence-electron chi connectivity index (χ0n) is 14.4. The Balaban J connectivity index is 1.65. The van der Waals surface area contributed by atoms with Gasteiger partial charge in [0.05, 0.1) is 18.9 Å². The van der Waals surface area contributed by atoms with Gasteiger partial charge in [-0.25, -0.2) is 9.97 Å². The number of hydrogen-bond donors (Lipinski definition) is 1. The summed E-state index contributed by atoms with van der Waals surface area (Å²) in [6.45, 7) is 5.96. The van der Waals surface area contributed by atoms with Crippen LogP contribution in [0.5, 0.6) is 0 Å². The molecular formula is C18H23N5O2. The summed E-state index contributed by atoms with van der Waals surface area (Å²) in [7, 11) is 0. The largest absolute Gasteiger partial charge is 0.380 e. The van der Waals surface area contributed by atoms with E-state index >= 15 is 0 Å². The van der Waals surface area contributed by atoms with Crippen LogP contribution in [0, 0.1) is 12.8 Å². The summed E-state index contributed by atoms with van der Waals surface area (Å²) in [5.41, 5.74) is 8.45. The van der Waals surface area contributed by atoms with E-state index in [0.29, 0.717) is 19.1 Å². The van der Waals surface area contributed by atoms with Crippen LogP contribution in [0.3, 0.4) is 0 Å². The summed E-state index contributed by atoms with van der Waals surface area (Å²) in [5, 5.41) is 0. The number of primary amides is 1. The molecule has 0 saturated carbocycles. The van der Waals surface area contributed by atoms with E-state index in [-0.39, 0.29) is 5.69 Å². The molecule has 1 unspecified atom stereocenters. The highest BCUT2D eigenvalue weighted by molar-refractivity contribution is 5.90. The quantitative estimate of drug-likeness (QED) is 0.871. The average Bonchev–Trinajstić information content (AvgIpc) is 2.80. The molecule has 1 fully saturated rings. The maximum atomic E-state index is 11.3. The molecule has 0 radical (unpaired) electrons. The lowest BCUT2D eigenvalue weighted by atomic mass is 10.0. The topological polar surface area (TPSA) is 94.2 Å². The predicted octanol–water partition coefficient (Wildman–Crippen LogP) is 0.970. The lowest BCUT2D eigenvalue weighted by Crippen LogP contribution is -2.31. The normalized spacial score (nSPS) is 18.7. The number of carbonyl (C=O) groups is 1. The van der Waals surface area contributed by atoms with Gasteiger partial charge in [-0.15, -0.1) is 0 Å². The number of pyridine rings is 1. The van der Waals surface area contributed by atoms with Crippen molar-refractivity contribution in [1.29, 1.82) is 0 Å². The molecule has 2 aromatic rings. The number of aromatic nitrogens is 3. The van der Waals surface area contributed by atoms with Gasteiger partial charge >= 0.3 is 0 Å². The first kappa shape index (κ1) is 17.4. The van der Waals surface area contributed by atoms with Crippen molar-refractivity contribution in [3.63, 3.8) is 0 Å². The second kappa shape index (κ2) is 8.13. The molecule has 1 atom stereocenters. The van der Waals surface area contributed by atoms with Crippen molar-refractivity contribution in [3.8, 4) is 0 Å². The zero-order valence-corrected chi connectivity index (χ0v) is 14.4. The molecular weight excluding hydrogens is 318 g/mol. The van der Waals surface area contributed by atoms with Crippen molar-refractivity contribution in [1.82, 2.24) is 19.9 Å². The molecule has 2 N–H and O–H groups in total. The van der Waals surface area contributed by atoms with Gasteiger partial charge in [-0.2, -0.15) is 0 Å². The minimum atomic E-state index is -0.534. The first-order valence-electron chi connectivity index (χ1n) is 8.43. The minimum Gasteiger partial charge on any atom is -0.380 e. The van der Waals surface area contributed by atoms with E-state index in [4.69, 9.17) is 10.5 Å². The van der Waals surface area contributed by atoms with Gasteiger partial charge < -0.3 is 10.5 Å². The molecule has 7 nitrogen and oxygen atoms in total. The number of carbonyl (C=O) groups excluding carboxylic acids is 1. The Kier molecular flexibility index (Phi) is 5.67. The Morgan fingerprint density at radius 2 is 2.24 bits per heavy atom. The number of nitrogens with two attached hydrogens (primary N) is 1. The van der Waals surface area contributed by atoms with Crippen LogP contribution in [0.1, 0.15) is 27.6 Å². The second-order valence-corrected chi connectivity index (χ2v) is 6.41. The van der Waals surface area contributed by atoms with Crippen LogP contribution in [0.2, 0.25) is 0 Å². The Bertz CT molecular complexity index is 737. The highest BCUT2D eigenvalue weighted by atomic mass is 16.5. The first-order valence-corrected chi connectivity index (χ1v) is 8.43. The van der Waals surface area contributed by atoms with Crippen molar-refractivity contribution in [3.05, 3.63) is 53.4 Å². The van der Waals surface area contributed by atoms with Crippen LogP contribution < -0.4 is 5.73 Å². The highest BCUT2D eigenvalue weighted by Gasteiger charge is 2.20. The van der Waals surface area contributed by atoms with Crippen LogP contribution >= 0.6 is 0 Å². The summed E-state index contributed by atoms with van der Waals surface area (Å²) in [6.07, 6.45) is 2.11. The van der Waals surface area contributed by atoms with Crippen molar-refractivity contribution in [2.24, 2.45) is 11.7 Å². The monoisotopic (exact) mass is 341 g/mol. The number of rotatable bonds is 5. The number of ether oxygens (including phenoxy) is 1. The minimum absolute atomic E-state index is 0.250. The highest BCUT2D eigenvalue weighted by Crippen LogP contribution is 2.15. The smallest absolute Gasteiger partial charge is 0.267 e. The maximum absolute atomic E-state index is 11.3. The summed E-state index contributed by atoms with van der Waals surface area (Å²) in [5.74, 6) is -0.240. The van der Waals surface area contributed by atoms with Crippen LogP contribution in [-0.2, 0) is 17.7 Å². The molecule has 132 valence electrons. The standard InChI is InChI=1S/C18H23N5O2/c1-13-3-2-4-15(22-13)10-23-5-6-25-11-14(9-23)7-16-8-17(18(19)24)21-12-20-16/h2-4,8,12,14H,5-7,9-11H2,1H3,(H2,19,24). The lowest BCUT2D eigenvalue weighted by Gasteiger charge is -2.23. The molecule has 3 rings (SSSR count). The zero-order chi connectivity index (χ0) is 17.6. The molecule has 0 bridgehead atoms. The molecule has 3 heterocycles. The van der Waals surface area contributed by atoms with Gasteiger partial charge in [0.1, 0.15) is 12.0 Å². The van der Waals surface area contributed by atoms with Gasteiger partial charge in [0.2, 0.25) is 0 Å². The number of hydrogen-bond acceptors (Lipinski definition) is 6. The van der Waals surface area contributed by atoms with Gasteiger partial charge in [0.25, 0.3) is 5.91 Å². The summed E-state index contributed by atoms with van der Waals surface area (Å²) >= 11 is 0. The van der Waals surface area contributed by atoms with Gasteiger partial charge in [-0.1, -0.05) is 6.07 Å². The van der Waals surface area contributed by atoms with E-state index in [1.165, 1.54) is 6.33 Å². The SMILES string of the molecule is Cc1cccc(CN2CCOCC(Cc3cc(C(N)=O)ncn3)C2)n1. The van der Waals surface area contributed by atoms with E-state index in [1.807, 2.05) is 19.1 Å². The molecule has 1 saturated heterocycles. The Morgan fingerprint density at radius 1 is 1.36 bits per heavy atom. The summed E-state index contributed by atoms with van der Waals surface area (Å²) in [4.78, 5) is 26.4. The van der Waals surface area contributed by atoms with Crippen molar-refractivity contribution >= 4 is 5.91 Å². The molecule has 2 aromatic heterocycles. The maximum Gasteiger partial charge on any atom is 0.267 e. The van der Waals surface area contributed by atoms with Crippen LogP contribution in [0.25, 0.3) is 0 Å². The fraction of sp³-hybridized carbons (Fsp3) is 0.444. The van der Waals surface area contributed by atoms with E-state index in [1.54, 1.807) is 6.07 Å². The Hall–Kier alpha value is -2.38. The molecule has 0 aromatic carbocycles. The van der Waals surface area contributed by atoms with Gasteiger partial charge in [0, 0.05) is 36.9 Å². The second-order valence-electron chi connectivity index (χ2n) is 6.41. The first-order chi connectivity index (χ1) is 12.1. The van der Waals surface area contributed by atoms with E-state index in [2.05, 4.69) is 25.9 Å². The van der Waals surface area contributed by atoms with E-state index in [9.17, 15) is 4.79 Å².